The van der Waals surface area contributed by atoms with Crippen LogP contribution in [0.15, 0.2) is 27.8 Å². The Kier molecular flexibility index (Phi) is 5.27. The van der Waals surface area contributed by atoms with Crippen LogP contribution in [0.4, 0.5) is 5.82 Å². The van der Waals surface area contributed by atoms with Crippen LogP contribution < -0.4 is 4.72 Å². The Hall–Kier alpha value is -1.65. The van der Waals surface area contributed by atoms with Crippen LogP contribution >= 0.6 is 27.5 Å². The third-order valence-electron chi connectivity index (χ3n) is 2.62. The molecule has 124 valence electrons. The van der Waals surface area contributed by atoms with E-state index in [1.807, 2.05) is 0 Å². The van der Waals surface area contributed by atoms with Crippen LogP contribution in [0.1, 0.15) is 17.3 Å². The summed E-state index contributed by atoms with van der Waals surface area (Å²) in [6.07, 6.45) is 2.72. The quantitative estimate of drug-likeness (QED) is 0.584. The first-order chi connectivity index (χ1) is 10.7. The van der Waals surface area contributed by atoms with Crippen LogP contribution in [-0.4, -0.2) is 35.8 Å². The molecule has 0 fully saturated rings. The number of nitrogens with one attached hydrogen (secondary N) is 1. The number of pyridine rings is 1. The summed E-state index contributed by atoms with van der Waals surface area (Å²) < 4.78 is 33.8. The van der Waals surface area contributed by atoms with Crippen molar-refractivity contribution in [2.24, 2.45) is 7.05 Å². The number of anilines is 1. The molecule has 11 heteroatoms. The monoisotopic (exact) mass is 422 g/mol. The first kappa shape index (κ1) is 17.7. The molecule has 2 aromatic heterocycles. The van der Waals surface area contributed by atoms with Gasteiger partial charge in [-0.15, -0.1) is 0 Å². The lowest BCUT2D eigenvalue weighted by atomic mass is 10.3. The third kappa shape index (κ3) is 4.01. The van der Waals surface area contributed by atoms with E-state index in [1.54, 1.807) is 14.0 Å². The fraction of sp³-hybridized carbons (Fsp3) is 0.250. The van der Waals surface area contributed by atoms with Crippen molar-refractivity contribution in [1.82, 2.24) is 14.8 Å². The van der Waals surface area contributed by atoms with E-state index < -0.39 is 16.0 Å². The molecule has 2 aromatic rings. The number of carbonyl (C=O) groups excluding carboxylic acids is 1. The van der Waals surface area contributed by atoms with E-state index in [1.165, 1.54) is 23.1 Å². The van der Waals surface area contributed by atoms with Gasteiger partial charge in [-0.2, -0.15) is 5.10 Å². The largest absolute Gasteiger partial charge is 0.462 e. The zero-order valence-corrected chi connectivity index (χ0v) is 15.2. The van der Waals surface area contributed by atoms with Crippen LogP contribution in [0.25, 0.3) is 0 Å². The Balaban J connectivity index is 2.42. The lowest BCUT2D eigenvalue weighted by Gasteiger charge is -2.08. The van der Waals surface area contributed by atoms with Gasteiger partial charge in [0.2, 0.25) is 0 Å². The molecule has 2 heterocycles. The van der Waals surface area contributed by atoms with Gasteiger partial charge in [0.1, 0.15) is 15.6 Å². The molecule has 0 aromatic carbocycles. The van der Waals surface area contributed by atoms with Gasteiger partial charge in [0.15, 0.2) is 5.82 Å². The minimum absolute atomic E-state index is 0.00277. The third-order valence-corrected chi connectivity index (χ3v) is 4.82. The summed E-state index contributed by atoms with van der Waals surface area (Å²) in [6.45, 7) is 1.80. The summed E-state index contributed by atoms with van der Waals surface area (Å²) in [7, 11) is -2.53. The van der Waals surface area contributed by atoms with Gasteiger partial charge in [-0.1, -0.05) is 11.6 Å². The molecule has 0 aliphatic carbocycles. The van der Waals surface area contributed by atoms with Crippen LogP contribution in [0.3, 0.4) is 0 Å². The first-order valence-electron chi connectivity index (χ1n) is 6.29. The van der Waals surface area contributed by atoms with Gasteiger partial charge >= 0.3 is 5.97 Å². The van der Waals surface area contributed by atoms with Gasteiger partial charge in [-0.05, 0) is 28.9 Å². The maximum atomic E-state index is 12.5. The summed E-state index contributed by atoms with van der Waals surface area (Å²) in [6, 6.07) is 1.30. The average molecular weight is 424 g/mol. The molecule has 0 unspecified atom stereocenters. The second kappa shape index (κ2) is 6.85. The number of carbonyl (C=O) groups is 1. The van der Waals surface area contributed by atoms with E-state index in [4.69, 9.17) is 16.3 Å². The molecule has 0 spiro atoms. The summed E-state index contributed by atoms with van der Waals surface area (Å²) in [5.74, 6) is -0.834. The Morgan fingerprint density at radius 1 is 1.52 bits per heavy atom. The highest BCUT2D eigenvalue weighted by Crippen LogP contribution is 2.25. The Morgan fingerprint density at radius 2 is 2.22 bits per heavy atom. The van der Waals surface area contributed by atoms with E-state index in [-0.39, 0.29) is 28.0 Å². The molecule has 0 radical (unpaired) electrons. The molecule has 0 saturated heterocycles. The summed E-state index contributed by atoms with van der Waals surface area (Å²) in [4.78, 5) is 15.4. The fourth-order valence-corrected chi connectivity index (χ4v) is 3.66. The van der Waals surface area contributed by atoms with Crippen LogP contribution in [0, 0.1) is 0 Å². The number of aryl methyl sites for hydroxylation is 1. The standard InChI is InChI=1S/C12H12BrClN4O4S/c1-3-22-12(19)8-6-18(2)16-11(8)17-23(20,21)9-4-7(13)5-15-10(9)14/h4-6H,3H2,1-2H3,(H,16,17). The van der Waals surface area contributed by atoms with Gasteiger partial charge in [-0.3, -0.25) is 9.40 Å². The predicted octanol–water partition coefficient (Wildman–Crippen LogP) is 2.21. The highest BCUT2D eigenvalue weighted by Gasteiger charge is 2.25. The molecule has 0 amide bonds. The first-order valence-corrected chi connectivity index (χ1v) is 8.94. The summed E-state index contributed by atoms with van der Waals surface area (Å²) in [5.41, 5.74) is -0.00277. The Bertz CT molecular complexity index is 853. The minimum Gasteiger partial charge on any atom is -0.462 e. The van der Waals surface area contributed by atoms with Crippen molar-refractivity contribution in [1.29, 1.82) is 0 Å². The number of halogens is 2. The van der Waals surface area contributed by atoms with Gasteiger partial charge in [0.05, 0.1) is 6.61 Å². The fourth-order valence-electron chi connectivity index (χ4n) is 1.70. The molecular weight excluding hydrogens is 412 g/mol. The molecule has 0 aliphatic rings. The second-order valence-electron chi connectivity index (χ2n) is 4.33. The Labute approximate surface area is 146 Å². The number of hydrogen-bond acceptors (Lipinski definition) is 6. The van der Waals surface area contributed by atoms with E-state index in [9.17, 15) is 13.2 Å². The second-order valence-corrected chi connectivity index (χ2v) is 7.26. The number of nitrogens with zero attached hydrogens (tertiary/aromatic N) is 3. The molecule has 23 heavy (non-hydrogen) atoms. The van der Waals surface area contributed by atoms with Crippen molar-refractivity contribution in [2.75, 3.05) is 11.3 Å². The van der Waals surface area contributed by atoms with Crippen molar-refractivity contribution in [3.63, 3.8) is 0 Å². The average Bonchev–Trinajstić information content (AvgIpc) is 2.81. The van der Waals surface area contributed by atoms with E-state index in [0.717, 1.165) is 0 Å². The number of ether oxygens (including phenoxy) is 1. The van der Waals surface area contributed by atoms with Crippen LogP contribution in [-0.2, 0) is 21.8 Å². The number of sulfonamides is 1. The zero-order chi connectivity index (χ0) is 17.2. The lowest BCUT2D eigenvalue weighted by molar-refractivity contribution is 0.0527. The normalized spacial score (nSPS) is 11.3. The summed E-state index contributed by atoms with van der Waals surface area (Å²) >= 11 is 8.97. The summed E-state index contributed by atoms with van der Waals surface area (Å²) in [5, 5.41) is 3.73. The minimum atomic E-state index is -4.08. The lowest BCUT2D eigenvalue weighted by Crippen LogP contribution is -2.17. The molecule has 0 atom stereocenters. The highest BCUT2D eigenvalue weighted by molar-refractivity contribution is 9.10. The molecule has 0 bridgehead atoms. The van der Waals surface area contributed by atoms with E-state index in [2.05, 4.69) is 30.7 Å². The van der Waals surface area contributed by atoms with Gasteiger partial charge < -0.3 is 4.74 Å². The number of aromatic nitrogens is 3. The van der Waals surface area contributed by atoms with Gasteiger partial charge in [0.25, 0.3) is 10.0 Å². The van der Waals surface area contributed by atoms with Gasteiger partial charge in [0, 0.05) is 23.9 Å². The van der Waals surface area contributed by atoms with Crippen molar-refractivity contribution in [2.45, 2.75) is 11.8 Å². The highest BCUT2D eigenvalue weighted by atomic mass is 79.9. The Morgan fingerprint density at radius 3 is 2.87 bits per heavy atom. The topological polar surface area (TPSA) is 103 Å². The van der Waals surface area contributed by atoms with Crippen LogP contribution in [0.2, 0.25) is 5.15 Å². The van der Waals surface area contributed by atoms with Crippen molar-refractivity contribution in [3.05, 3.63) is 33.6 Å². The van der Waals surface area contributed by atoms with Crippen molar-refractivity contribution < 1.29 is 17.9 Å². The SMILES string of the molecule is CCOC(=O)c1cn(C)nc1NS(=O)(=O)c1cc(Br)cnc1Cl. The predicted molar refractivity (Wildman–Crippen MR) is 86.9 cm³/mol. The number of esters is 1. The van der Waals surface area contributed by atoms with Crippen molar-refractivity contribution >= 4 is 49.3 Å². The van der Waals surface area contributed by atoms with Crippen molar-refractivity contribution in [3.8, 4) is 0 Å². The smallest absolute Gasteiger partial charge is 0.343 e. The van der Waals surface area contributed by atoms with E-state index in [0.29, 0.717) is 4.47 Å². The molecule has 2 rings (SSSR count). The van der Waals surface area contributed by atoms with E-state index >= 15 is 0 Å². The van der Waals surface area contributed by atoms with Gasteiger partial charge in [-0.25, -0.2) is 18.2 Å². The number of hydrogen-bond donors (Lipinski definition) is 1. The maximum Gasteiger partial charge on any atom is 0.343 e. The molecular formula is C12H12BrClN4O4S. The molecule has 8 nitrogen and oxygen atoms in total. The maximum absolute atomic E-state index is 12.5. The molecule has 0 aliphatic heterocycles. The molecule has 1 N–H and O–H groups in total. The van der Waals surface area contributed by atoms with Crippen LogP contribution in [0.5, 0.6) is 0 Å². The zero-order valence-electron chi connectivity index (χ0n) is 12.1. The number of rotatable bonds is 5. The molecule has 0 saturated carbocycles.